The monoisotopic (exact) mass is 238 g/mol. The van der Waals surface area contributed by atoms with Crippen LogP contribution < -0.4 is 11.1 Å². The number of aliphatic hydroxyl groups excluding tert-OH is 1. The van der Waals surface area contributed by atoms with Gasteiger partial charge in [-0.3, -0.25) is 4.79 Å². The lowest BCUT2D eigenvalue weighted by Gasteiger charge is -2.12. The number of amides is 1. The second-order valence-electron chi connectivity index (χ2n) is 3.32. The van der Waals surface area contributed by atoms with Crippen LogP contribution in [0.15, 0.2) is 24.3 Å². The fourth-order valence-corrected chi connectivity index (χ4v) is 1.19. The van der Waals surface area contributed by atoms with Crippen molar-refractivity contribution < 1.29 is 19.4 Å². The van der Waals surface area contributed by atoms with Crippen molar-refractivity contribution in [3.8, 4) is 0 Å². The highest BCUT2D eigenvalue weighted by atomic mass is 16.5. The minimum Gasteiger partial charge on any atom is -0.465 e. The van der Waals surface area contributed by atoms with Crippen molar-refractivity contribution in [2.75, 3.05) is 19.0 Å². The number of hydrogen-bond donors (Lipinski definition) is 3. The van der Waals surface area contributed by atoms with Gasteiger partial charge < -0.3 is 20.9 Å². The summed E-state index contributed by atoms with van der Waals surface area (Å²) in [6.07, 6.45) is 0. The van der Waals surface area contributed by atoms with Crippen molar-refractivity contribution in [1.82, 2.24) is 0 Å². The highest BCUT2D eigenvalue weighted by Gasteiger charge is 2.16. The van der Waals surface area contributed by atoms with E-state index in [1.54, 1.807) is 18.2 Å². The Morgan fingerprint density at radius 2 is 2.12 bits per heavy atom. The van der Waals surface area contributed by atoms with E-state index in [1.165, 1.54) is 13.2 Å². The van der Waals surface area contributed by atoms with Crippen LogP contribution in [0.2, 0.25) is 0 Å². The number of ether oxygens (including phenoxy) is 1. The standard InChI is InChI=1S/C11H14N2O4/c1-17-11(16)7-4-2-3-5-9(7)13-10(15)8(12)6-14/h2-5,8,14H,6,12H2,1H3,(H,13,15). The molecule has 0 aliphatic rings. The van der Waals surface area contributed by atoms with Crippen LogP contribution in [-0.2, 0) is 9.53 Å². The first-order chi connectivity index (χ1) is 8.10. The van der Waals surface area contributed by atoms with Crippen molar-refractivity contribution in [3.05, 3.63) is 29.8 Å². The lowest BCUT2D eigenvalue weighted by molar-refractivity contribution is -0.118. The van der Waals surface area contributed by atoms with Gasteiger partial charge in [-0.1, -0.05) is 12.1 Å². The lowest BCUT2D eigenvalue weighted by atomic mass is 10.1. The van der Waals surface area contributed by atoms with Gasteiger partial charge in [0.15, 0.2) is 0 Å². The third kappa shape index (κ3) is 3.27. The number of carbonyl (C=O) groups is 2. The SMILES string of the molecule is COC(=O)c1ccccc1NC(=O)C(N)CO. The summed E-state index contributed by atoms with van der Waals surface area (Å²) in [5, 5.41) is 11.2. The number of benzene rings is 1. The Hall–Kier alpha value is -1.92. The van der Waals surface area contributed by atoms with Gasteiger partial charge in [0.1, 0.15) is 6.04 Å². The molecule has 0 aliphatic carbocycles. The van der Waals surface area contributed by atoms with Gasteiger partial charge in [0.2, 0.25) is 5.91 Å². The Kier molecular flexibility index (Phi) is 4.62. The molecule has 1 aromatic carbocycles. The van der Waals surface area contributed by atoms with E-state index >= 15 is 0 Å². The summed E-state index contributed by atoms with van der Waals surface area (Å²) < 4.78 is 4.57. The summed E-state index contributed by atoms with van der Waals surface area (Å²) in [5.74, 6) is -1.12. The van der Waals surface area contributed by atoms with Crippen molar-refractivity contribution in [2.45, 2.75) is 6.04 Å². The van der Waals surface area contributed by atoms with E-state index in [2.05, 4.69) is 10.1 Å². The first-order valence-corrected chi connectivity index (χ1v) is 4.94. The quantitative estimate of drug-likeness (QED) is 0.627. The van der Waals surface area contributed by atoms with Crippen LogP contribution in [0.25, 0.3) is 0 Å². The average Bonchev–Trinajstić information content (AvgIpc) is 2.37. The Labute approximate surface area is 98.4 Å². The number of anilines is 1. The molecule has 0 aliphatic heterocycles. The molecule has 1 atom stereocenters. The summed E-state index contributed by atoms with van der Waals surface area (Å²) >= 11 is 0. The molecule has 6 nitrogen and oxygen atoms in total. The van der Waals surface area contributed by atoms with Crippen molar-refractivity contribution in [3.63, 3.8) is 0 Å². The molecule has 92 valence electrons. The predicted molar refractivity (Wildman–Crippen MR) is 61.5 cm³/mol. The van der Waals surface area contributed by atoms with Crippen LogP contribution in [-0.4, -0.2) is 36.7 Å². The maximum Gasteiger partial charge on any atom is 0.339 e. The van der Waals surface area contributed by atoms with E-state index in [1.807, 2.05) is 0 Å². The van der Waals surface area contributed by atoms with Crippen LogP contribution in [0, 0.1) is 0 Å². The topological polar surface area (TPSA) is 102 Å². The maximum atomic E-state index is 11.5. The van der Waals surface area contributed by atoms with Gasteiger partial charge in [0.25, 0.3) is 0 Å². The van der Waals surface area contributed by atoms with Gasteiger partial charge >= 0.3 is 5.97 Å². The fourth-order valence-electron chi connectivity index (χ4n) is 1.19. The van der Waals surface area contributed by atoms with Crippen LogP contribution in [0.3, 0.4) is 0 Å². The zero-order valence-electron chi connectivity index (χ0n) is 9.34. The molecule has 0 saturated heterocycles. The van der Waals surface area contributed by atoms with Crippen molar-refractivity contribution in [2.24, 2.45) is 5.73 Å². The number of esters is 1. The third-order valence-electron chi connectivity index (χ3n) is 2.12. The van der Waals surface area contributed by atoms with Gasteiger partial charge in [-0.05, 0) is 12.1 Å². The van der Waals surface area contributed by atoms with E-state index < -0.39 is 24.5 Å². The van der Waals surface area contributed by atoms with Gasteiger partial charge in [0.05, 0.1) is 25.0 Å². The molecule has 0 bridgehead atoms. The number of methoxy groups -OCH3 is 1. The Bertz CT molecular complexity index is 420. The first-order valence-electron chi connectivity index (χ1n) is 4.94. The molecule has 0 fully saturated rings. The molecule has 0 radical (unpaired) electrons. The molecule has 1 amide bonds. The summed E-state index contributed by atoms with van der Waals surface area (Å²) in [6, 6.07) is 5.35. The van der Waals surface area contributed by atoms with Crippen LogP contribution in [0.5, 0.6) is 0 Å². The second kappa shape index (κ2) is 5.97. The molecule has 0 saturated carbocycles. The predicted octanol–water partition coefficient (Wildman–Crippen LogP) is -0.269. The molecule has 6 heteroatoms. The molecule has 1 aromatic rings. The molecular weight excluding hydrogens is 224 g/mol. The number of hydrogen-bond acceptors (Lipinski definition) is 5. The van der Waals surface area contributed by atoms with Crippen molar-refractivity contribution >= 4 is 17.6 Å². The number of nitrogens with one attached hydrogen (secondary N) is 1. The number of nitrogens with two attached hydrogens (primary N) is 1. The Morgan fingerprint density at radius 1 is 1.47 bits per heavy atom. The minimum absolute atomic E-state index is 0.230. The molecule has 0 spiro atoms. The van der Waals surface area contributed by atoms with Gasteiger partial charge in [0, 0.05) is 0 Å². The Morgan fingerprint density at radius 3 is 2.71 bits per heavy atom. The summed E-state index contributed by atoms with van der Waals surface area (Å²) in [4.78, 5) is 22.9. The van der Waals surface area contributed by atoms with E-state index in [0.29, 0.717) is 5.69 Å². The largest absolute Gasteiger partial charge is 0.465 e. The highest BCUT2D eigenvalue weighted by Crippen LogP contribution is 2.15. The number of para-hydroxylation sites is 1. The van der Waals surface area contributed by atoms with E-state index in [4.69, 9.17) is 10.8 Å². The van der Waals surface area contributed by atoms with Crippen LogP contribution in [0.4, 0.5) is 5.69 Å². The minimum atomic E-state index is -1.03. The van der Waals surface area contributed by atoms with Gasteiger partial charge in [-0.2, -0.15) is 0 Å². The normalized spacial score (nSPS) is 11.7. The van der Waals surface area contributed by atoms with E-state index in [9.17, 15) is 9.59 Å². The fraction of sp³-hybridized carbons (Fsp3) is 0.273. The Balaban J connectivity index is 2.91. The third-order valence-corrected chi connectivity index (χ3v) is 2.12. The number of aliphatic hydroxyl groups is 1. The van der Waals surface area contributed by atoms with Gasteiger partial charge in [-0.25, -0.2) is 4.79 Å². The van der Waals surface area contributed by atoms with Gasteiger partial charge in [-0.15, -0.1) is 0 Å². The maximum absolute atomic E-state index is 11.5. The summed E-state index contributed by atoms with van der Waals surface area (Å²) in [5.41, 5.74) is 5.87. The van der Waals surface area contributed by atoms with Crippen molar-refractivity contribution in [1.29, 1.82) is 0 Å². The van der Waals surface area contributed by atoms with Crippen LogP contribution in [0.1, 0.15) is 10.4 Å². The molecule has 1 unspecified atom stereocenters. The highest BCUT2D eigenvalue weighted by molar-refractivity contribution is 6.02. The zero-order valence-corrected chi connectivity index (χ0v) is 9.34. The molecule has 1 rings (SSSR count). The molecular formula is C11H14N2O4. The summed E-state index contributed by atoms with van der Waals surface area (Å²) in [6.45, 7) is -0.466. The molecule has 0 heterocycles. The summed E-state index contributed by atoms with van der Waals surface area (Å²) in [7, 11) is 1.25. The number of carbonyl (C=O) groups excluding carboxylic acids is 2. The molecule has 17 heavy (non-hydrogen) atoms. The molecule has 0 aromatic heterocycles. The number of rotatable bonds is 4. The van der Waals surface area contributed by atoms with E-state index in [0.717, 1.165) is 0 Å². The smallest absolute Gasteiger partial charge is 0.339 e. The first kappa shape index (κ1) is 13.1. The molecule has 4 N–H and O–H groups in total. The zero-order chi connectivity index (χ0) is 12.8. The van der Waals surface area contributed by atoms with Crippen LogP contribution >= 0.6 is 0 Å². The lowest BCUT2D eigenvalue weighted by Crippen LogP contribution is -2.38. The second-order valence-corrected chi connectivity index (χ2v) is 3.32. The average molecular weight is 238 g/mol. The van der Waals surface area contributed by atoms with E-state index in [-0.39, 0.29) is 5.56 Å².